The second-order valence-electron chi connectivity index (χ2n) is 2.20. The van der Waals surface area contributed by atoms with Gasteiger partial charge in [-0.2, -0.15) is 0 Å². The summed E-state index contributed by atoms with van der Waals surface area (Å²) in [4.78, 5) is 1.18. The number of thioether (sulfide) groups is 1. The number of hydrogen-bond acceptors (Lipinski definition) is 2. The van der Waals surface area contributed by atoms with Gasteiger partial charge in [0.05, 0.1) is 0 Å². The van der Waals surface area contributed by atoms with E-state index in [1.165, 1.54) is 4.90 Å². The van der Waals surface area contributed by atoms with E-state index in [1.807, 2.05) is 24.5 Å². The monoisotopic (exact) mass is 187 g/mol. The zero-order valence-electron chi connectivity index (χ0n) is 6.30. The van der Waals surface area contributed by atoms with Crippen molar-refractivity contribution in [1.29, 1.82) is 0 Å². The van der Waals surface area contributed by atoms with Crippen LogP contribution in [0.1, 0.15) is 5.56 Å². The molecule has 0 saturated heterocycles. The fourth-order valence-electron chi connectivity index (χ4n) is 0.822. The van der Waals surface area contributed by atoms with Crippen molar-refractivity contribution in [3.8, 4) is 0 Å². The second kappa shape index (κ2) is 3.88. The van der Waals surface area contributed by atoms with Gasteiger partial charge in [0.15, 0.2) is 0 Å². The molecule has 1 nitrogen and oxygen atoms in total. The van der Waals surface area contributed by atoms with Gasteiger partial charge in [-0.25, -0.2) is 0 Å². The van der Waals surface area contributed by atoms with E-state index in [4.69, 9.17) is 17.3 Å². The average molecular weight is 188 g/mol. The molecular weight excluding hydrogens is 178 g/mol. The second-order valence-corrected chi connectivity index (χ2v) is 3.35. The van der Waals surface area contributed by atoms with Gasteiger partial charge in [-0.05, 0) is 24.0 Å². The Bertz CT molecular complexity index is 250. The molecule has 0 saturated carbocycles. The largest absolute Gasteiger partial charge is 0.398 e. The van der Waals surface area contributed by atoms with Crippen LogP contribution >= 0.6 is 23.4 Å². The molecule has 3 heteroatoms. The third kappa shape index (κ3) is 2.04. The third-order valence-electron chi connectivity index (χ3n) is 1.50. The van der Waals surface area contributed by atoms with E-state index < -0.39 is 0 Å². The minimum atomic E-state index is 0.487. The Labute approximate surface area is 75.9 Å². The predicted molar refractivity (Wildman–Crippen MR) is 52.2 cm³/mol. The number of alkyl halides is 1. The van der Waals surface area contributed by atoms with Gasteiger partial charge in [-0.15, -0.1) is 23.4 Å². The quantitative estimate of drug-likeness (QED) is 0.438. The summed E-state index contributed by atoms with van der Waals surface area (Å²) in [7, 11) is 0. The number of rotatable bonds is 2. The fourth-order valence-corrected chi connectivity index (χ4v) is 1.51. The lowest BCUT2D eigenvalue weighted by Crippen LogP contribution is -1.91. The normalized spacial score (nSPS) is 10.0. The van der Waals surface area contributed by atoms with Crippen molar-refractivity contribution in [2.75, 3.05) is 12.0 Å². The van der Waals surface area contributed by atoms with Crippen molar-refractivity contribution in [3.63, 3.8) is 0 Å². The van der Waals surface area contributed by atoms with E-state index in [9.17, 15) is 0 Å². The van der Waals surface area contributed by atoms with E-state index in [0.29, 0.717) is 5.88 Å². The predicted octanol–water partition coefficient (Wildman–Crippen LogP) is 2.73. The molecule has 60 valence electrons. The topological polar surface area (TPSA) is 26.0 Å². The van der Waals surface area contributed by atoms with E-state index in [0.717, 1.165) is 11.3 Å². The number of nitrogen functional groups attached to an aromatic ring is 1. The van der Waals surface area contributed by atoms with Crippen molar-refractivity contribution in [2.24, 2.45) is 0 Å². The van der Waals surface area contributed by atoms with Crippen LogP contribution in [0, 0.1) is 0 Å². The molecule has 0 unspecified atom stereocenters. The highest BCUT2D eigenvalue weighted by molar-refractivity contribution is 7.98. The smallest absolute Gasteiger partial charge is 0.0494 e. The Balaban J connectivity index is 2.99. The van der Waals surface area contributed by atoms with Gasteiger partial charge >= 0.3 is 0 Å². The van der Waals surface area contributed by atoms with Crippen LogP contribution in [0.3, 0.4) is 0 Å². The SMILES string of the molecule is CSc1ccc(CCl)c(N)c1. The zero-order chi connectivity index (χ0) is 8.27. The van der Waals surface area contributed by atoms with Crippen LogP contribution in [-0.4, -0.2) is 6.26 Å². The van der Waals surface area contributed by atoms with Crippen molar-refractivity contribution in [2.45, 2.75) is 10.8 Å². The maximum Gasteiger partial charge on any atom is 0.0494 e. The molecule has 0 amide bonds. The van der Waals surface area contributed by atoms with Crippen LogP contribution in [0.5, 0.6) is 0 Å². The molecular formula is C8H10ClNS. The Hall–Kier alpha value is -0.340. The molecule has 0 fully saturated rings. The molecule has 0 spiro atoms. The molecule has 0 heterocycles. The number of halogens is 1. The van der Waals surface area contributed by atoms with Crippen LogP contribution in [0.4, 0.5) is 5.69 Å². The first kappa shape index (κ1) is 8.75. The standard InChI is InChI=1S/C8H10ClNS/c1-11-7-3-2-6(5-9)8(10)4-7/h2-4H,5,10H2,1H3. The van der Waals surface area contributed by atoms with Gasteiger partial charge in [0, 0.05) is 16.5 Å². The lowest BCUT2D eigenvalue weighted by atomic mass is 10.2. The molecule has 0 bridgehead atoms. The van der Waals surface area contributed by atoms with Crippen molar-refractivity contribution < 1.29 is 0 Å². The van der Waals surface area contributed by atoms with E-state index >= 15 is 0 Å². The van der Waals surface area contributed by atoms with Crippen LogP contribution < -0.4 is 5.73 Å². The molecule has 1 aromatic rings. The summed E-state index contributed by atoms with van der Waals surface area (Å²) in [6.45, 7) is 0. The maximum atomic E-state index is 5.71. The molecule has 0 aliphatic heterocycles. The lowest BCUT2D eigenvalue weighted by molar-refractivity contribution is 1.35. The first-order valence-corrected chi connectivity index (χ1v) is 5.02. The molecule has 0 aromatic heterocycles. The number of hydrogen-bond donors (Lipinski definition) is 1. The number of nitrogens with two attached hydrogens (primary N) is 1. The van der Waals surface area contributed by atoms with Crippen LogP contribution in [0.25, 0.3) is 0 Å². The summed E-state index contributed by atoms with van der Waals surface area (Å²) in [5.74, 6) is 0.487. The Kier molecular flexibility index (Phi) is 3.09. The highest BCUT2D eigenvalue weighted by Crippen LogP contribution is 2.21. The molecule has 1 aromatic carbocycles. The van der Waals surface area contributed by atoms with Gasteiger partial charge < -0.3 is 5.73 Å². The van der Waals surface area contributed by atoms with Crippen molar-refractivity contribution in [1.82, 2.24) is 0 Å². The van der Waals surface area contributed by atoms with Crippen molar-refractivity contribution in [3.05, 3.63) is 23.8 Å². The van der Waals surface area contributed by atoms with Crippen LogP contribution in [0.2, 0.25) is 0 Å². The Morgan fingerprint density at radius 1 is 1.55 bits per heavy atom. The van der Waals surface area contributed by atoms with Gasteiger partial charge in [-0.3, -0.25) is 0 Å². The summed E-state index contributed by atoms with van der Waals surface area (Å²) in [6.07, 6.45) is 2.02. The molecule has 2 N–H and O–H groups in total. The fraction of sp³-hybridized carbons (Fsp3) is 0.250. The minimum absolute atomic E-state index is 0.487. The van der Waals surface area contributed by atoms with E-state index in [1.54, 1.807) is 11.8 Å². The Morgan fingerprint density at radius 3 is 2.73 bits per heavy atom. The summed E-state index contributed by atoms with van der Waals surface area (Å²) < 4.78 is 0. The number of anilines is 1. The first-order valence-electron chi connectivity index (χ1n) is 3.26. The average Bonchev–Trinajstić information content (AvgIpc) is 2.04. The van der Waals surface area contributed by atoms with Gasteiger partial charge in [0.25, 0.3) is 0 Å². The molecule has 0 radical (unpaired) electrons. The number of benzene rings is 1. The lowest BCUT2D eigenvalue weighted by Gasteiger charge is -2.02. The molecule has 0 aliphatic rings. The Morgan fingerprint density at radius 2 is 2.27 bits per heavy atom. The summed E-state index contributed by atoms with van der Waals surface area (Å²) in [6, 6.07) is 5.94. The third-order valence-corrected chi connectivity index (χ3v) is 2.51. The van der Waals surface area contributed by atoms with E-state index in [-0.39, 0.29) is 0 Å². The summed E-state index contributed by atoms with van der Waals surface area (Å²) >= 11 is 7.32. The van der Waals surface area contributed by atoms with Crippen molar-refractivity contribution >= 4 is 29.1 Å². The summed E-state index contributed by atoms with van der Waals surface area (Å²) in [5, 5.41) is 0. The first-order chi connectivity index (χ1) is 5.27. The van der Waals surface area contributed by atoms with Crippen LogP contribution in [-0.2, 0) is 5.88 Å². The molecule has 1 rings (SSSR count). The zero-order valence-corrected chi connectivity index (χ0v) is 7.88. The highest BCUT2D eigenvalue weighted by atomic mass is 35.5. The summed E-state index contributed by atoms with van der Waals surface area (Å²) in [5.41, 5.74) is 7.50. The van der Waals surface area contributed by atoms with Gasteiger partial charge in [0.1, 0.15) is 0 Å². The van der Waals surface area contributed by atoms with Crippen LogP contribution in [0.15, 0.2) is 23.1 Å². The molecule has 11 heavy (non-hydrogen) atoms. The van der Waals surface area contributed by atoms with E-state index in [2.05, 4.69) is 0 Å². The highest BCUT2D eigenvalue weighted by Gasteiger charge is 1.97. The molecule has 0 atom stereocenters. The minimum Gasteiger partial charge on any atom is -0.398 e. The van der Waals surface area contributed by atoms with Gasteiger partial charge in [-0.1, -0.05) is 6.07 Å². The van der Waals surface area contributed by atoms with Gasteiger partial charge in [0.2, 0.25) is 0 Å². The maximum absolute atomic E-state index is 5.71. The molecule has 0 aliphatic carbocycles.